The summed E-state index contributed by atoms with van der Waals surface area (Å²) in [6.07, 6.45) is 3.26. The minimum Gasteiger partial charge on any atom is -0.508 e. The number of piperidine rings is 1. The molecule has 1 saturated heterocycles. The molecule has 0 atom stereocenters. The van der Waals surface area contributed by atoms with E-state index in [0.717, 1.165) is 43.6 Å². The fourth-order valence-corrected chi connectivity index (χ4v) is 4.28. The molecule has 2 N–H and O–H groups in total. The zero-order valence-corrected chi connectivity index (χ0v) is 17.2. The molecule has 0 unspecified atom stereocenters. The van der Waals surface area contributed by atoms with Crippen LogP contribution in [0.2, 0.25) is 0 Å². The number of aromatic nitrogens is 4. The lowest BCUT2D eigenvalue weighted by Crippen LogP contribution is -2.34. The van der Waals surface area contributed by atoms with Crippen LogP contribution in [0.3, 0.4) is 0 Å². The Bertz CT molecular complexity index is 1220. The van der Waals surface area contributed by atoms with Gasteiger partial charge in [-0.15, -0.1) is 0 Å². The first kappa shape index (κ1) is 19.5. The third-order valence-electron chi connectivity index (χ3n) is 5.98. The molecule has 0 saturated carbocycles. The number of hydrogen-bond donors (Lipinski definition) is 2. The molecule has 0 amide bonds. The molecule has 5 rings (SSSR count). The Morgan fingerprint density at radius 1 is 1.00 bits per heavy atom. The molecule has 2 aromatic carbocycles. The summed E-state index contributed by atoms with van der Waals surface area (Å²) in [5, 5.41) is 12.5. The van der Waals surface area contributed by atoms with E-state index in [1.165, 1.54) is 10.1 Å². The number of aromatic amines is 1. The lowest BCUT2D eigenvalue weighted by Gasteiger charge is -2.31. The number of H-pyrrole nitrogens is 1. The number of rotatable bonds is 5. The van der Waals surface area contributed by atoms with Crippen LogP contribution in [0.5, 0.6) is 5.75 Å². The number of benzene rings is 2. The number of nitrogens with zero attached hydrogens (tertiary/aromatic N) is 4. The van der Waals surface area contributed by atoms with E-state index >= 15 is 0 Å². The van der Waals surface area contributed by atoms with Gasteiger partial charge in [0.25, 0.3) is 11.3 Å². The molecule has 0 aliphatic carbocycles. The first-order valence-corrected chi connectivity index (χ1v) is 10.7. The molecular weight excluding hydrogens is 390 g/mol. The summed E-state index contributed by atoms with van der Waals surface area (Å²) in [5.41, 5.74) is 2.80. The Hall–Kier alpha value is -3.45. The van der Waals surface area contributed by atoms with Gasteiger partial charge in [-0.3, -0.25) is 14.8 Å². The van der Waals surface area contributed by atoms with Gasteiger partial charge in [0.1, 0.15) is 5.75 Å². The first-order valence-electron chi connectivity index (χ1n) is 10.7. The van der Waals surface area contributed by atoms with Crippen LogP contribution in [-0.4, -0.2) is 42.7 Å². The van der Waals surface area contributed by atoms with Crippen molar-refractivity contribution in [1.82, 2.24) is 24.5 Å². The summed E-state index contributed by atoms with van der Waals surface area (Å²) in [5.74, 6) is 1.99. The average molecular weight is 415 g/mol. The molecular formula is C24H25N5O2. The second-order valence-corrected chi connectivity index (χ2v) is 8.25. The Kier molecular flexibility index (Phi) is 5.26. The van der Waals surface area contributed by atoms with Crippen molar-refractivity contribution in [2.45, 2.75) is 25.8 Å². The highest BCUT2D eigenvalue weighted by Gasteiger charge is 2.20. The van der Waals surface area contributed by atoms with Gasteiger partial charge in [-0.25, -0.2) is 4.98 Å². The van der Waals surface area contributed by atoms with Crippen LogP contribution < -0.4 is 5.56 Å². The SMILES string of the molecule is O=c1cc(CN2CCC(Cc3ccc(O)cc3)CC2)nc2nc(-c3ccccc3)[nH]n12. The number of hydrogen-bond acceptors (Lipinski definition) is 5. The van der Waals surface area contributed by atoms with E-state index in [1.54, 1.807) is 18.2 Å². The Morgan fingerprint density at radius 2 is 1.74 bits per heavy atom. The van der Waals surface area contributed by atoms with Crippen LogP contribution in [0.15, 0.2) is 65.5 Å². The fourth-order valence-electron chi connectivity index (χ4n) is 4.28. The highest BCUT2D eigenvalue weighted by atomic mass is 16.3. The van der Waals surface area contributed by atoms with E-state index in [1.807, 2.05) is 42.5 Å². The van der Waals surface area contributed by atoms with Crippen LogP contribution >= 0.6 is 0 Å². The molecule has 0 spiro atoms. The number of likely N-dealkylation sites (tertiary alicyclic amines) is 1. The van der Waals surface area contributed by atoms with Crippen LogP contribution in [0.1, 0.15) is 24.1 Å². The number of aromatic hydroxyl groups is 1. The molecule has 3 heterocycles. The number of phenolic OH excluding ortho intramolecular Hbond substituents is 1. The normalized spacial score (nSPS) is 15.5. The molecule has 31 heavy (non-hydrogen) atoms. The Morgan fingerprint density at radius 3 is 2.48 bits per heavy atom. The van der Waals surface area contributed by atoms with Crippen LogP contribution in [0.25, 0.3) is 17.2 Å². The Labute approximate surface area is 180 Å². The maximum atomic E-state index is 12.6. The van der Waals surface area contributed by atoms with Gasteiger partial charge < -0.3 is 5.11 Å². The van der Waals surface area contributed by atoms with Gasteiger partial charge in [-0.2, -0.15) is 9.50 Å². The third kappa shape index (κ3) is 4.36. The van der Waals surface area contributed by atoms with Gasteiger partial charge >= 0.3 is 0 Å². The van der Waals surface area contributed by atoms with E-state index in [-0.39, 0.29) is 5.56 Å². The van der Waals surface area contributed by atoms with Crippen molar-refractivity contribution in [3.05, 3.63) is 82.3 Å². The lowest BCUT2D eigenvalue weighted by molar-refractivity contribution is 0.175. The van der Waals surface area contributed by atoms with Gasteiger partial charge in [0, 0.05) is 18.2 Å². The summed E-state index contributed by atoms with van der Waals surface area (Å²) < 4.78 is 1.40. The quantitative estimate of drug-likeness (QED) is 0.523. The lowest BCUT2D eigenvalue weighted by atomic mass is 9.90. The number of phenols is 1. The van der Waals surface area contributed by atoms with Crippen LogP contribution in [0, 0.1) is 5.92 Å². The van der Waals surface area contributed by atoms with Crippen molar-refractivity contribution in [3.8, 4) is 17.1 Å². The summed E-state index contributed by atoms with van der Waals surface area (Å²) in [6.45, 7) is 2.63. The monoisotopic (exact) mass is 415 g/mol. The van der Waals surface area contributed by atoms with Gasteiger partial charge in [-0.1, -0.05) is 42.5 Å². The maximum absolute atomic E-state index is 12.6. The van der Waals surface area contributed by atoms with E-state index in [9.17, 15) is 9.90 Å². The molecule has 2 aromatic heterocycles. The smallest absolute Gasteiger partial charge is 0.274 e. The average Bonchev–Trinajstić information content (AvgIpc) is 3.22. The van der Waals surface area contributed by atoms with E-state index in [2.05, 4.69) is 20.0 Å². The van der Waals surface area contributed by atoms with E-state index < -0.39 is 0 Å². The fraction of sp³-hybridized carbons (Fsp3) is 0.292. The highest BCUT2D eigenvalue weighted by molar-refractivity contribution is 5.56. The number of fused-ring (bicyclic) bond motifs is 1. The number of nitrogens with one attached hydrogen (secondary N) is 1. The molecule has 1 fully saturated rings. The zero-order valence-electron chi connectivity index (χ0n) is 17.2. The summed E-state index contributed by atoms with van der Waals surface area (Å²) in [4.78, 5) is 24.1. The highest BCUT2D eigenvalue weighted by Crippen LogP contribution is 2.23. The minimum atomic E-state index is -0.142. The predicted molar refractivity (Wildman–Crippen MR) is 119 cm³/mol. The van der Waals surface area contributed by atoms with Crippen molar-refractivity contribution in [3.63, 3.8) is 0 Å². The molecule has 7 heteroatoms. The molecule has 1 aliphatic rings. The van der Waals surface area contributed by atoms with E-state index in [0.29, 0.717) is 29.8 Å². The topological polar surface area (TPSA) is 86.5 Å². The summed E-state index contributed by atoms with van der Waals surface area (Å²) in [6, 6.07) is 18.8. The van der Waals surface area contributed by atoms with Crippen molar-refractivity contribution >= 4 is 5.78 Å². The van der Waals surface area contributed by atoms with Crippen molar-refractivity contribution < 1.29 is 5.11 Å². The van der Waals surface area contributed by atoms with Crippen molar-refractivity contribution in [2.24, 2.45) is 5.92 Å². The van der Waals surface area contributed by atoms with Crippen molar-refractivity contribution in [2.75, 3.05) is 13.1 Å². The van der Waals surface area contributed by atoms with Gasteiger partial charge in [-0.05, 0) is 56.0 Å². The van der Waals surface area contributed by atoms with Gasteiger partial charge in [0.05, 0.1) is 5.69 Å². The minimum absolute atomic E-state index is 0.142. The van der Waals surface area contributed by atoms with Gasteiger partial charge in [0.2, 0.25) is 0 Å². The molecule has 4 aromatic rings. The second-order valence-electron chi connectivity index (χ2n) is 8.25. The molecule has 7 nitrogen and oxygen atoms in total. The third-order valence-corrected chi connectivity index (χ3v) is 5.98. The Balaban J connectivity index is 1.25. The first-order chi connectivity index (χ1) is 15.1. The summed E-state index contributed by atoms with van der Waals surface area (Å²) >= 11 is 0. The predicted octanol–water partition coefficient (Wildman–Crippen LogP) is 3.24. The van der Waals surface area contributed by atoms with Crippen molar-refractivity contribution in [1.29, 1.82) is 0 Å². The maximum Gasteiger partial charge on any atom is 0.274 e. The van der Waals surface area contributed by atoms with Crippen LogP contribution in [-0.2, 0) is 13.0 Å². The summed E-state index contributed by atoms with van der Waals surface area (Å²) in [7, 11) is 0. The molecule has 158 valence electrons. The van der Waals surface area contributed by atoms with E-state index in [4.69, 9.17) is 0 Å². The molecule has 1 aliphatic heterocycles. The zero-order chi connectivity index (χ0) is 21.2. The van der Waals surface area contributed by atoms with Crippen LogP contribution in [0.4, 0.5) is 0 Å². The van der Waals surface area contributed by atoms with Gasteiger partial charge in [0.15, 0.2) is 5.82 Å². The standard InChI is InChI=1S/C24H25N5O2/c30-21-8-6-17(7-9-21)14-18-10-12-28(13-11-18)16-20-15-22(31)29-24(25-20)26-23(27-29)19-4-2-1-3-5-19/h1-9,15,18,30H,10-14,16H2,(H,25,26,27). The molecule has 0 radical (unpaired) electrons. The second kappa shape index (κ2) is 8.35. The largest absolute Gasteiger partial charge is 0.508 e. The molecule has 0 bridgehead atoms.